The van der Waals surface area contributed by atoms with Crippen LogP contribution in [0, 0.1) is 13.8 Å². The number of aromatic nitrogens is 2. The Hall–Kier alpha value is -3.58. The molecule has 2 aromatic carbocycles. The molecule has 0 aliphatic rings. The Labute approximate surface area is 184 Å². The molecular weight excluding hydrogens is 408 g/mol. The fourth-order valence-corrected chi connectivity index (χ4v) is 4.00. The molecule has 0 aliphatic carbocycles. The first-order valence-corrected chi connectivity index (χ1v) is 10.8. The molecular formula is C24H22N4O2S. The smallest absolute Gasteiger partial charge is 0.308 e. The van der Waals surface area contributed by atoms with Gasteiger partial charge in [-0.15, -0.1) is 11.8 Å². The highest BCUT2D eigenvalue weighted by Gasteiger charge is 2.09. The van der Waals surface area contributed by atoms with E-state index in [4.69, 9.17) is 0 Å². The lowest BCUT2D eigenvalue weighted by Gasteiger charge is -2.12. The largest absolute Gasteiger partial charge is 0.323 e. The van der Waals surface area contributed by atoms with Crippen molar-refractivity contribution in [1.29, 1.82) is 0 Å². The molecule has 0 saturated heterocycles. The van der Waals surface area contributed by atoms with E-state index in [0.29, 0.717) is 22.8 Å². The van der Waals surface area contributed by atoms with Crippen molar-refractivity contribution in [3.05, 3.63) is 100 Å². The number of hydrogen-bond donors (Lipinski definition) is 2. The fraction of sp³-hybridized carbons (Fsp3) is 0.125. The maximum absolute atomic E-state index is 12.4. The van der Waals surface area contributed by atoms with Crippen molar-refractivity contribution < 1.29 is 4.79 Å². The SMILES string of the molecule is Cc1ccc(NC(=O)Nc2ccccc2SCc2cc(=O)n3ccc(C)cc3n2)cc1. The van der Waals surface area contributed by atoms with Crippen LogP contribution in [0.2, 0.25) is 0 Å². The molecule has 2 N–H and O–H groups in total. The lowest BCUT2D eigenvalue weighted by Crippen LogP contribution is -2.19. The number of para-hydroxylation sites is 1. The molecule has 6 nitrogen and oxygen atoms in total. The third-order valence-corrected chi connectivity index (χ3v) is 5.80. The van der Waals surface area contributed by atoms with Crippen molar-refractivity contribution in [1.82, 2.24) is 9.38 Å². The van der Waals surface area contributed by atoms with E-state index in [1.807, 2.05) is 74.5 Å². The summed E-state index contributed by atoms with van der Waals surface area (Å²) in [6.07, 6.45) is 1.74. The summed E-state index contributed by atoms with van der Waals surface area (Å²) < 4.78 is 1.53. The Balaban J connectivity index is 1.47. The molecule has 0 spiro atoms. The number of benzene rings is 2. The number of urea groups is 1. The normalized spacial score (nSPS) is 10.8. The molecule has 0 saturated carbocycles. The highest BCUT2D eigenvalue weighted by atomic mass is 32.2. The monoisotopic (exact) mass is 430 g/mol. The Morgan fingerprint density at radius 2 is 1.74 bits per heavy atom. The molecule has 0 fully saturated rings. The number of fused-ring (bicyclic) bond motifs is 1. The topological polar surface area (TPSA) is 75.5 Å². The van der Waals surface area contributed by atoms with Crippen LogP contribution in [0.3, 0.4) is 0 Å². The minimum Gasteiger partial charge on any atom is -0.308 e. The van der Waals surface area contributed by atoms with Crippen LogP contribution in [0.25, 0.3) is 5.65 Å². The van der Waals surface area contributed by atoms with Crippen LogP contribution in [0.15, 0.2) is 82.6 Å². The first-order chi connectivity index (χ1) is 15.0. The van der Waals surface area contributed by atoms with Gasteiger partial charge < -0.3 is 10.6 Å². The molecule has 0 atom stereocenters. The quantitative estimate of drug-likeness (QED) is 0.424. The molecule has 2 heterocycles. The summed E-state index contributed by atoms with van der Waals surface area (Å²) in [6, 6.07) is 20.2. The lowest BCUT2D eigenvalue weighted by atomic mass is 10.2. The Kier molecular flexibility index (Phi) is 6.04. The highest BCUT2D eigenvalue weighted by molar-refractivity contribution is 7.98. The van der Waals surface area contributed by atoms with E-state index in [-0.39, 0.29) is 11.6 Å². The van der Waals surface area contributed by atoms with Crippen molar-refractivity contribution in [2.24, 2.45) is 0 Å². The maximum atomic E-state index is 12.4. The van der Waals surface area contributed by atoms with Gasteiger partial charge in [0.15, 0.2) is 0 Å². The van der Waals surface area contributed by atoms with Gasteiger partial charge in [0.05, 0.1) is 11.4 Å². The minimum atomic E-state index is -0.311. The van der Waals surface area contributed by atoms with Gasteiger partial charge in [-0.05, 0) is 55.8 Å². The maximum Gasteiger partial charge on any atom is 0.323 e. The average molecular weight is 431 g/mol. The summed E-state index contributed by atoms with van der Waals surface area (Å²) >= 11 is 1.52. The van der Waals surface area contributed by atoms with Gasteiger partial charge in [0.25, 0.3) is 5.56 Å². The first-order valence-electron chi connectivity index (χ1n) is 9.83. The van der Waals surface area contributed by atoms with Crippen LogP contribution in [0.1, 0.15) is 16.8 Å². The van der Waals surface area contributed by atoms with E-state index < -0.39 is 0 Å². The zero-order valence-electron chi connectivity index (χ0n) is 17.3. The third-order valence-electron chi connectivity index (χ3n) is 4.70. The highest BCUT2D eigenvalue weighted by Crippen LogP contribution is 2.29. The molecule has 31 heavy (non-hydrogen) atoms. The lowest BCUT2D eigenvalue weighted by molar-refractivity contribution is 0.262. The van der Waals surface area contributed by atoms with E-state index >= 15 is 0 Å². The molecule has 0 unspecified atom stereocenters. The number of carbonyl (C=O) groups excluding carboxylic acids is 1. The predicted molar refractivity (Wildman–Crippen MR) is 126 cm³/mol. The van der Waals surface area contributed by atoms with Crippen LogP contribution >= 0.6 is 11.8 Å². The number of rotatable bonds is 5. The number of thioether (sulfide) groups is 1. The minimum absolute atomic E-state index is 0.107. The van der Waals surface area contributed by atoms with Crippen molar-refractivity contribution in [2.75, 3.05) is 10.6 Å². The second-order valence-electron chi connectivity index (χ2n) is 7.25. The number of hydrogen-bond acceptors (Lipinski definition) is 4. The molecule has 0 bridgehead atoms. The summed E-state index contributed by atoms with van der Waals surface area (Å²) in [6.45, 7) is 3.97. The predicted octanol–water partition coefficient (Wildman–Crippen LogP) is 5.25. The first kappa shape index (κ1) is 20.7. The van der Waals surface area contributed by atoms with Crippen LogP contribution in [0.5, 0.6) is 0 Å². The van der Waals surface area contributed by atoms with Gasteiger partial charge in [0.2, 0.25) is 0 Å². The number of anilines is 2. The van der Waals surface area contributed by atoms with Gasteiger partial charge >= 0.3 is 6.03 Å². The van der Waals surface area contributed by atoms with Crippen LogP contribution in [-0.2, 0) is 5.75 Å². The van der Waals surface area contributed by atoms with Gasteiger partial charge in [-0.2, -0.15) is 0 Å². The van der Waals surface area contributed by atoms with Gasteiger partial charge in [-0.3, -0.25) is 9.20 Å². The average Bonchev–Trinajstić information content (AvgIpc) is 2.74. The van der Waals surface area contributed by atoms with Crippen LogP contribution < -0.4 is 16.2 Å². The molecule has 7 heteroatoms. The van der Waals surface area contributed by atoms with Crippen molar-refractivity contribution in [3.63, 3.8) is 0 Å². The van der Waals surface area contributed by atoms with E-state index in [1.54, 1.807) is 12.3 Å². The summed E-state index contributed by atoms with van der Waals surface area (Å²) in [5.74, 6) is 0.512. The van der Waals surface area contributed by atoms with Gasteiger partial charge in [0, 0.05) is 28.6 Å². The summed E-state index contributed by atoms with van der Waals surface area (Å²) in [5.41, 5.74) is 4.82. The molecule has 0 radical (unpaired) electrons. The molecule has 2 amide bonds. The van der Waals surface area contributed by atoms with Crippen molar-refractivity contribution >= 4 is 34.8 Å². The summed E-state index contributed by atoms with van der Waals surface area (Å²) in [5, 5.41) is 5.74. The Bertz CT molecular complexity index is 1300. The van der Waals surface area contributed by atoms with Gasteiger partial charge in [-0.25, -0.2) is 9.78 Å². The van der Waals surface area contributed by atoms with E-state index in [0.717, 1.165) is 21.7 Å². The zero-order chi connectivity index (χ0) is 21.8. The Morgan fingerprint density at radius 1 is 0.968 bits per heavy atom. The van der Waals surface area contributed by atoms with Crippen LogP contribution in [0.4, 0.5) is 16.2 Å². The number of amides is 2. The van der Waals surface area contributed by atoms with Gasteiger partial charge in [-0.1, -0.05) is 29.8 Å². The van der Waals surface area contributed by atoms with E-state index in [1.165, 1.54) is 16.2 Å². The molecule has 4 rings (SSSR count). The zero-order valence-corrected chi connectivity index (χ0v) is 18.1. The number of carbonyl (C=O) groups is 1. The number of nitrogens with zero attached hydrogens (tertiary/aromatic N) is 2. The summed E-state index contributed by atoms with van der Waals surface area (Å²) in [7, 11) is 0. The fourth-order valence-electron chi connectivity index (χ4n) is 3.10. The van der Waals surface area contributed by atoms with Gasteiger partial charge in [0.1, 0.15) is 5.65 Å². The van der Waals surface area contributed by atoms with E-state index in [9.17, 15) is 9.59 Å². The number of nitrogens with one attached hydrogen (secondary N) is 2. The molecule has 2 aromatic heterocycles. The van der Waals surface area contributed by atoms with Crippen molar-refractivity contribution in [3.8, 4) is 0 Å². The Morgan fingerprint density at radius 3 is 2.55 bits per heavy atom. The second-order valence-corrected chi connectivity index (χ2v) is 8.27. The third kappa shape index (κ3) is 5.13. The number of pyridine rings is 1. The number of aryl methyl sites for hydroxylation is 2. The molecule has 4 aromatic rings. The second kappa shape index (κ2) is 9.06. The van der Waals surface area contributed by atoms with Crippen LogP contribution in [-0.4, -0.2) is 15.4 Å². The van der Waals surface area contributed by atoms with E-state index in [2.05, 4.69) is 15.6 Å². The van der Waals surface area contributed by atoms with Crippen molar-refractivity contribution in [2.45, 2.75) is 24.5 Å². The standard InChI is InChI=1S/C24H22N4O2S/c1-16-7-9-18(10-8-16)26-24(30)27-20-5-3-4-6-21(20)31-15-19-14-23(29)28-12-11-17(2)13-22(28)25-19/h3-14H,15H2,1-2H3,(H2,26,27,30). The molecule has 156 valence electrons. The summed E-state index contributed by atoms with van der Waals surface area (Å²) in [4.78, 5) is 30.3. The molecule has 0 aliphatic heterocycles.